The van der Waals surface area contributed by atoms with Crippen molar-refractivity contribution in [3.63, 3.8) is 0 Å². The number of ketones is 1. The summed E-state index contributed by atoms with van der Waals surface area (Å²) in [4.78, 5) is 16.6. The molecule has 0 spiro atoms. The highest BCUT2D eigenvalue weighted by molar-refractivity contribution is 6.36. The van der Waals surface area contributed by atoms with E-state index in [1.165, 1.54) is 24.4 Å². The van der Waals surface area contributed by atoms with Crippen molar-refractivity contribution >= 4 is 40.8 Å². The summed E-state index contributed by atoms with van der Waals surface area (Å²) in [5.74, 6) is -0.244. The quantitative estimate of drug-likeness (QED) is 0.781. The van der Waals surface area contributed by atoms with Crippen LogP contribution >= 0.6 is 23.2 Å². The third kappa shape index (κ3) is 3.55. The van der Waals surface area contributed by atoms with E-state index in [0.717, 1.165) is 0 Å². The number of carbonyl (C=O) groups excluding carboxylic acids is 1. The normalized spacial score (nSPS) is 12.5. The number of benzene rings is 1. The molecule has 1 aromatic carbocycles. The monoisotopic (exact) mass is 339 g/mol. The third-order valence-corrected chi connectivity index (χ3v) is 3.77. The molecule has 0 saturated carbocycles. The average molecular weight is 340 g/mol. The molecular formula is C15H15Cl2N3O2. The number of methoxy groups -OCH3 is 1. The van der Waals surface area contributed by atoms with Gasteiger partial charge in [-0.3, -0.25) is 4.79 Å². The second kappa shape index (κ2) is 6.60. The molecule has 0 aliphatic heterocycles. The van der Waals surface area contributed by atoms with Crippen molar-refractivity contribution in [1.29, 1.82) is 0 Å². The molecule has 0 amide bonds. The van der Waals surface area contributed by atoms with Crippen molar-refractivity contribution in [2.24, 2.45) is 0 Å². The van der Waals surface area contributed by atoms with Gasteiger partial charge in [-0.15, -0.1) is 0 Å². The zero-order valence-corrected chi connectivity index (χ0v) is 13.9. The van der Waals surface area contributed by atoms with Crippen LogP contribution in [0.5, 0.6) is 0 Å². The number of rotatable bonds is 5. The van der Waals surface area contributed by atoms with Gasteiger partial charge in [0.2, 0.25) is 5.78 Å². The Labute approximate surface area is 138 Å². The topological polar surface area (TPSA) is 57.0 Å². The van der Waals surface area contributed by atoms with E-state index < -0.39 is 5.60 Å². The molecule has 22 heavy (non-hydrogen) atoms. The van der Waals surface area contributed by atoms with Crippen LogP contribution in [0.15, 0.2) is 30.9 Å². The number of hydrogen-bond acceptors (Lipinski definition) is 4. The molecule has 0 N–H and O–H groups in total. The van der Waals surface area contributed by atoms with Crippen LogP contribution in [0.25, 0.3) is 11.8 Å². The van der Waals surface area contributed by atoms with Crippen LogP contribution in [0.1, 0.15) is 19.4 Å². The Morgan fingerprint density at radius 3 is 2.64 bits per heavy atom. The lowest BCUT2D eigenvalue weighted by Crippen LogP contribution is -2.35. The van der Waals surface area contributed by atoms with Crippen LogP contribution in [0, 0.1) is 0 Å². The van der Waals surface area contributed by atoms with E-state index >= 15 is 0 Å². The van der Waals surface area contributed by atoms with Gasteiger partial charge in [0.1, 0.15) is 24.0 Å². The summed E-state index contributed by atoms with van der Waals surface area (Å²) in [7, 11) is 1.48. The first-order valence-corrected chi connectivity index (χ1v) is 7.22. The Balaban J connectivity index is 2.54. The smallest absolute Gasteiger partial charge is 0.212 e. The van der Waals surface area contributed by atoms with E-state index in [2.05, 4.69) is 10.1 Å². The summed E-state index contributed by atoms with van der Waals surface area (Å²) in [6, 6.07) is 5.04. The number of Topliss-reactive ketones (excluding diaryl/α,β-unsaturated/α-hetero) is 1. The Morgan fingerprint density at radius 2 is 2.09 bits per heavy atom. The van der Waals surface area contributed by atoms with Crippen molar-refractivity contribution in [3.05, 3.63) is 46.5 Å². The van der Waals surface area contributed by atoms with Gasteiger partial charge in [0.15, 0.2) is 0 Å². The van der Waals surface area contributed by atoms with E-state index in [1.807, 2.05) is 0 Å². The van der Waals surface area contributed by atoms with Gasteiger partial charge in [-0.2, -0.15) is 5.10 Å². The molecule has 2 aromatic rings. The lowest BCUT2D eigenvalue weighted by Gasteiger charge is -2.22. The second-order valence-corrected chi connectivity index (χ2v) is 5.92. The van der Waals surface area contributed by atoms with Gasteiger partial charge in [0.25, 0.3) is 0 Å². The second-order valence-electron chi connectivity index (χ2n) is 5.08. The molecule has 0 unspecified atom stereocenters. The van der Waals surface area contributed by atoms with Crippen LogP contribution in [0.3, 0.4) is 0 Å². The van der Waals surface area contributed by atoms with Gasteiger partial charge in [0, 0.05) is 17.2 Å². The van der Waals surface area contributed by atoms with Crippen molar-refractivity contribution in [1.82, 2.24) is 14.8 Å². The highest BCUT2D eigenvalue weighted by Crippen LogP contribution is 2.26. The summed E-state index contributed by atoms with van der Waals surface area (Å²) in [5.41, 5.74) is -0.0539. The summed E-state index contributed by atoms with van der Waals surface area (Å²) >= 11 is 12.1. The average Bonchev–Trinajstić information content (AvgIpc) is 3.00. The minimum atomic E-state index is -1.00. The molecule has 7 heteroatoms. The first-order chi connectivity index (χ1) is 10.3. The van der Waals surface area contributed by atoms with Gasteiger partial charge in [0.05, 0.1) is 0 Å². The van der Waals surface area contributed by atoms with Gasteiger partial charge >= 0.3 is 0 Å². The van der Waals surface area contributed by atoms with Gasteiger partial charge in [-0.05, 0) is 37.6 Å². The lowest BCUT2D eigenvalue weighted by molar-refractivity contribution is -0.131. The molecule has 116 valence electrons. The summed E-state index contributed by atoms with van der Waals surface area (Å²) in [5, 5.41) is 4.98. The minimum absolute atomic E-state index is 0.244. The minimum Gasteiger partial charge on any atom is -0.371 e. The van der Waals surface area contributed by atoms with Crippen molar-refractivity contribution in [3.8, 4) is 0 Å². The largest absolute Gasteiger partial charge is 0.371 e. The number of ether oxygens (including phenoxy) is 1. The molecule has 1 heterocycles. The van der Waals surface area contributed by atoms with E-state index in [9.17, 15) is 4.79 Å². The Hall–Kier alpha value is -1.69. The standard InChI is InChI=1S/C15H15Cl2N3O2/c1-15(2,22-3)14(21)13(20-9-18-8-19-20)6-10-4-5-11(16)7-12(10)17/h4-9H,1-3H3. The summed E-state index contributed by atoms with van der Waals surface area (Å²) in [6.45, 7) is 3.37. The lowest BCUT2D eigenvalue weighted by atomic mass is 9.99. The van der Waals surface area contributed by atoms with Crippen LogP contribution in [0.2, 0.25) is 10.0 Å². The van der Waals surface area contributed by atoms with Crippen molar-refractivity contribution in [2.45, 2.75) is 19.4 Å². The van der Waals surface area contributed by atoms with E-state index in [1.54, 1.807) is 38.1 Å². The molecule has 0 aliphatic rings. The molecular weight excluding hydrogens is 325 g/mol. The Morgan fingerprint density at radius 1 is 1.36 bits per heavy atom. The first kappa shape index (κ1) is 16.7. The Bertz CT molecular complexity index is 710. The molecule has 2 rings (SSSR count). The van der Waals surface area contributed by atoms with Crippen LogP contribution in [0.4, 0.5) is 0 Å². The number of carbonyl (C=O) groups is 1. The molecule has 5 nitrogen and oxygen atoms in total. The van der Waals surface area contributed by atoms with Crippen LogP contribution in [-0.4, -0.2) is 33.3 Å². The zero-order chi connectivity index (χ0) is 16.3. The van der Waals surface area contributed by atoms with Crippen LogP contribution in [-0.2, 0) is 9.53 Å². The number of aromatic nitrogens is 3. The highest BCUT2D eigenvalue weighted by atomic mass is 35.5. The predicted octanol–water partition coefficient (Wildman–Crippen LogP) is 3.58. The molecule has 0 fully saturated rings. The van der Waals surface area contributed by atoms with Gasteiger partial charge in [-0.25, -0.2) is 9.67 Å². The van der Waals surface area contributed by atoms with E-state index in [-0.39, 0.29) is 5.78 Å². The molecule has 0 bridgehead atoms. The highest BCUT2D eigenvalue weighted by Gasteiger charge is 2.31. The van der Waals surface area contributed by atoms with Gasteiger partial charge in [-0.1, -0.05) is 29.3 Å². The fourth-order valence-electron chi connectivity index (χ4n) is 1.74. The maximum absolute atomic E-state index is 12.7. The maximum Gasteiger partial charge on any atom is 0.212 e. The van der Waals surface area contributed by atoms with Crippen LogP contribution < -0.4 is 0 Å². The first-order valence-electron chi connectivity index (χ1n) is 6.47. The molecule has 0 atom stereocenters. The van der Waals surface area contributed by atoms with E-state index in [0.29, 0.717) is 21.3 Å². The molecule has 0 aliphatic carbocycles. The Kier molecular flexibility index (Phi) is 5.01. The number of nitrogens with zero attached hydrogens (tertiary/aromatic N) is 3. The number of halogens is 2. The zero-order valence-electron chi connectivity index (χ0n) is 12.4. The predicted molar refractivity (Wildman–Crippen MR) is 86.7 cm³/mol. The molecule has 0 saturated heterocycles. The summed E-state index contributed by atoms with van der Waals surface area (Å²) < 4.78 is 6.64. The van der Waals surface area contributed by atoms with E-state index in [4.69, 9.17) is 27.9 Å². The fourth-order valence-corrected chi connectivity index (χ4v) is 2.20. The fraction of sp³-hybridized carbons (Fsp3) is 0.267. The molecule has 1 aromatic heterocycles. The van der Waals surface area contributed by atoms with Gasteiger partial charge < -0.3 is 4.74 Å². The third-order valence-electron chi connectivity index (χ3n) is 3.21. The summed E-state index contributed by atoms with van der Waals surface area (Å²) in [6.07, 6.45) is 4.43. The maximum atomic E-state index is 12.7. The van der Waals surface area contributed by atoms with Crippen molar-refractivity contribution in [2.75, 3.05) is 7.11 Å². The number of hydrogen-bond donors (Lipinski definition) is 0. The molecule has 0 radical (unpaired) electrons. The van der Waals surface area contributed by atoms with Crippen molar-refractivity contribution < 1.29 is 9.53 Å². The SMILES string of the molecule is COC(C)(C)C(=O)C(=Cc1ccc(Cl)cc1Cl)n1cncn1.